The normalized spacial score (nSPS) is 13.9. The number of ether oxygens (including phenoxy) is 2. The second kappa shape index (κ2) is 9.07. The molecule has 1 aliphatic heterocycles. The van der Waals surface area contributed by atoms with Crippen molar-refractivity contribution in [3.05, 3.63) is 54.1 Å². The molecule has 1 aromatic carbocycles. The van der Waals surface area contributed by atoms with Crippen LogP contribution in [0.15, 0.2) is 53.4 Å². The van der Waals surface area contributed by atoms with Gasteiger partial charge in [0.05, 0.1) is 0 Å². The number of benzene rings is 1. The second-order valence-electron chi connectivity index (χ2n) is 5.88. The molecule has 0 aliphatic carbocycles. The standard InChI is InChI=1S/C18H18F3N5O2/c19-14-6-5-12(9-15(14)28-18(20)21)23-10-13(25-22)11-27-17-4-1-3-16(24-17)26-7-2-8-26/h1,3-6,9-10,18,22-23H,2,7-8,11H2/b13-10-,25-22?. The number of hydrogen-bond acceptors (Lipinski definition) is 7. The molecule has 10 heteroatoms. The molecule has 2 N–H and O–H groups in total. The van der Waals surface area contributed by atoms with E-state index in [-0.39, 0.29) is 18.0 Å². The van der Waals surface area contributed by atoms with E-state index in [2.05, 4.69) is 25.1 Å². The van der Waals surface area contributed by atoms with Crippen molar-refractivity contribution in [2.45, 2.75) is 13.0 Å². The lowest BCUT2D eigenvalue weighted by Crippen LogP contribution is -2.37. The maximum absolute atomic E-state index is 13.4. The minimum atomic E-state index is -3.13. The summed E-state index contributed by atoms with van der Waals surface area (Å²) in [5, 5.41) is 6.10. The number of halogens is 3. The van der Waals surface area contributed by atoms with Crippen LogP contribution in [-0.4, -0.2) is 31.3 Å². The highest BCUT2D eigenvalue weighted by Gasteiger charge is 2.16. The van der Waals surface area contributed by atoms with Crippen LogP contribution in [0.3, 0.4) is 0 Å². The zero-order chi connectivity index (χ0) is 19.9. The summed E-state index contributed by atoms with van der Waals surface area (Å²) in [5.41, 5.74) is 7.74. The fourth-order valence-corrected chi connectivity index (χ4v) is 2.41. The van der Waals surface area contributed by atoms with E-state index >= 15 is 0 Å². The quantitative estimate of drug-likeness (QED) is 0.617. The SMILES string of the molecule is N=N/C(=C\Nc1ccc(F)c(OC(F)F)c1)COc1cccc(N2CCC2)n1. The molecule has 0 spiro atoms. The number of alkyl halides is 2. The van der Waals surface area contributed by atoms with Gasteiger partial charge < -0.3 is 19.7 Å². The lowest BCUT2D eigenvalue weighted by molar-refractivity contribution is -0.0521. The summed E-state index contributed by atoms with van der Waals surface area (Å²) in [7, 11) is 0. The second-order valence-corrected chi connectivity index (χ2v) is 5.88. The average Bonchev–Trinajstić information content (AvgIpc) is 2.63. The number of nitrogens with one attached hydrogen (secondary N) is 2. The summed E-state index contributed by atoms with van der Waals surface area (Å²) in [6.45, 7) is -1.24. The van der Waals surface area contributed by atoms with Gasteiger partial charge in [-0.05, 0) is 24.6 Å². The summed E-state index contributed by atoms with van der Waals surface area (Å²) in [4.78, 5) is 6.51. The van der Waals surface area contributed by atoms with Crippen LogP contribution >= 0.6 is 0 Å². The predicted octanol–water partition coefficient (Wildman–Crippen LogP) is 4.40. The third kappa shape index (κ3) is 5.12. The molecule has 7 nitrogen and oxygen atoms in total. The lowest BCUT2D eigenvalue weighted by atomic mass is 10.2. The lowest BCUT2D eigenvalue weighted by Gasteiger charge is -2.32. The van der Waals surface area contributed by atoms with E-state index in [0.717, 1.165) is 37.5 Å². The Balaban J connectivity index is 1.60. The summed E-state index contributed by atoms with van der Waals surface area (Å²) in [6.07, 6.45) is 2.49. The average molecular weight is 393 g/mol. The van der Waals surface area contributed by atoms with E-state index in [4.69, 9.17) is 10.3 Å². The van der Waals surface area contributed by atoms with Crippen molar-refractivity contribution in [1.29, 1.82) is 5.53 Å². The molecular formula is C18H18F3N5O2. The van der Waals surface area contributed by atoms with Crippen LogP contribution in [-0.2, 0) is 0 Å². The van der Waals surface area contributed by atoms with Crippen molar-refractivity contribution in [2.75, 3.05) is 29.9 Å². The number of hydrogen-bond donors (Lipinski definition) is 2. The largest absolute Gasteiger partial charge is 0.471 e. The third-order valence-electron chi connectivity index (χ3n) is 3.95. The Hall–Kier alpha value is -3.30. The van der Waals surface area contributed by atoms with Crippen LogP contribution in [0, 0.1) is 11.3 Å². The van der Waals surface area contributed by atoms with Crippen molar-refractivity contribution in [1.82, 2.24) is 4.98 Å². The van der Waals surface area contributed by atoms with Crippen molar-refractivity contribution < 1.29 is 22.6 Å². The first kappa shape index (κ1) is 19.5. The highest BCUT2D eigenvalue weighted by atomic mass is 19.3. The van der Waals surface area contributed by atoms with Crippen LogP contribution in [0.25, 0.3) is 0 Å². The van der Waals surface area contributed by atoms with E-state index in [1.807, 2.05) is 12.1 Å². The Morgan fingerprint density at radius 2 is 2.14 bits per heavy atom. The number of nitrogens with zero attached hydrogens (tertiary/aromatic N) is 3. The van der Waals surface area contributed by atoms with Crippen molar-refractivity contribution in [2.24, 2.45) is 5.11 Å². The fraction of sp³-hybridized carbons (Fsp3) is 0.278. The van der Waals surface area contributed by atoms with Crippen LogP contribution in [0.4, 0.5) is 24.7 Å². The monoisotopic (exact) mass is 393 g/mol. The van der Waals surface area contributed by atoms with Crippen LogP contribution in [0.1, 0.15) is 6.42 Å². The maximum atomic E-state index is 13.4. The number of aromatic nitrogens is 1. The van der Waals surface area contributed by atoms with Crippen molar-refractivity contribution >= 4 is 11.5 Å². The minimum Gasteiger partial charge on any atom is -0.471 e. The molecule has 0 unspecified atom stereocenters. The first-order chi connectivity index (χ1) is 13.5. The van der Waals surface area contributed by atoms with Crippen LogP contribution < -0.4 is 19.7 Å². The molecule has 0 saturated carbocycles. The van der Waals surface area contributed by atoms with Gasteiger partial charge in [-0.3, -0.25) is 0 Å². The minimum absolute atomic E-state index is 0.0332. The van der Waals surface area contributed by atoms with Gasteiger partial charge in [0.25, 0.3) is 0 Å². The zero-order valence-electron chi connectivity index (χ0n) is 14.7. The number of anilines is 2. The van der Waals surface area contributed by atoms with Gasteiger partial charge in [-0.1, -0.05) is 6.07 Å². The molecule has 3 rings (SSSR count). The Kier molecular flexibility index (Phi) is 6.30. The van der Waals surface area contributed by atoms with Gasteiger partial charge >= 0.3 is 6.61 Å². The van der Waals surface area contributed by atoms with Gasteiger partial charge in [0.15, 0.2) is 11.6 Å². The van der Waals surface area contributed by atoms with Crippen LogP contribution in [0.5, 0.6) is 11.6 Å². The molecule has 28 heavy (non-hydrogen) atoms. The van der Waals surface area contributed by atoms with Crippen molar-refractivity contribution in [3.63, 3.8) is 0 Å². The Bertz CT molecular complexity index is 859. The molecule has 1 fully saturated rings. The molecule has 0 radical (unpaired) electrons. The van der Waals surface area contributed by atoms with Gasteiger partial charge in [0.2, 0.25) is 5.88 Å². The number of pyridine rings is 1. The van der Waals surface area contributed by atoms with E-state index in [9.17, 15) is 13.2 Å². The topological polar surface area (TPSA) is 82.8 Å². The summed E-state index contributed by atoms with van der Waals surface area (Å²) >= 11 is 0. The van der Waals surface area contributed by atoms with E-state index in [1.165, 1.54) is 12.3 Å². The molecule has 1 saturated heterocycles. The molecule has 2 aromatic rings. The summed E-state index contributed by atoms with van der Waals surface area (Å²) in [6, 6.07) is 8.84. The molecule has 1 aliphatic rings. The fourth-order valence-electron chi connectivity index (χ4n) is 2.41. The Morgan fingerprint density at radius 3 is 2.82 bits per heavy atom. The van der Waals surface area contributed by atoms with Crippen molar-refractivity contribution in [3.8, 4) is 11.6 Å². The van der Waals surface area contributed by atoms with Gasteiger partial charge in [-0.2, -0.15) is 18.9 Å². The first-order valence-corrected chi connectivity index (χ1v) is 8.47. The van der Waals surface area contributed by atoms with E-state index in [0.29, 0.717) is 5.88 Å². The maximum Gasteiger partial charge on any atom is 0.387 e. The van der Waals surface area contributed by atoms with Gasteiger partial charge in [-0.15, -0.1) is 0 Å². The van der Waals surface area contributed by atoms with Crippen LogP contribution in [0.2, 0.25) is 0 Å². The summed E-state index contributed by atoms with van der Waals surface area (Å²) in [5.74, 6) is -0.265. The Labute approximate surface area is 159 Å². The molecule has 0 atom stereocenters. The zero-order valence-corrected chi connectivity index (χ0v) is 14.7. The molecular weight excluding hydrogens is 375 g/mol. The first-order valence-electron chi connectivity index (χ1n) is 8.47. The highest BCUT2D eigenvalue weighted by Crippen LogP contribution is 2.24. The molecule has 1 aromatic heterocycles. The third-order valence-corrected chi connectivity index (χ3v) is 3.95. The van der Waals surface area contributed by atoms with E-state index in [1.54, 1.807) is 6.07 Å². The smallest absolute Gasteiger partial charge is 0.387 e. The highest BCUT2D eigenvalue weighted by molar-refractivity contribution is 5.51. The van der Waals surface area contributed by atoms with Gasteiger partial charge in [0.1, 0.15) is 18.1 Å². The molecule has 148 valence electrons. The van der Waals surface area contributed by atoms with Gasteiger partial charge in [0, 0.05) is 37.1 Å². The summed E-state index contributed by atoms with van der Waals surface area (Å²) < 4.78 is 47.7. The molecule has 2 heterocycles. The van der Waals surface area contributed by atoms with E-state index < -0.39 is 18.2 Å². The molecule has 0 amide bonds. The predicted molar refractivity (Wildman–Crippen MR) is 96.4 cm³/mol. The van der Waals surface area contributed by atoms with Gasteiger partial charge in [-0.25, -0.2) is 9.92 Å². The Morgan fingerprint density at radius 1 is 1.32 bits per heavy atom. The number of rotatable bonds is 9. The molecule has 0 bridgehead atoms.